The normalized spacial score (nSPS) is 13.8. The molecule has 2 atom stereocenters. The van der Waals surface area contributed by atoms with Gasteiger partial charge in [-0.05, 0) is 36.4 Å². The first kappa shape index (κ1) is 17.5. The van der Waals surface area contributed by atoms with Crippen LogP contribution in [-0.4, -0.2) is 22.4 Å². The van der Waals surface area contributed by atoms with Crippen LogP contribution in [-0.2, 0) is 16.1 Å². The molecule has 0 bridgehead atoms. The molecule has 0 spiro atoms. The highest BCUT2D eigenvalue weighted by Crippen LogP contribution is 2.23. The quantitative estimate of drug-likeness (QED) is 0.620. The van der Waals surface area contributed by atoms with Gasteiger partial charge in [0.15, 0.2) is 6.10 Å². The van der Waals surface area contributed by atoms with Crippen molar-refractivity contribution in [3.63, 3.8) is 0 Å². The van der Waals surface area contributed by atoms with Crippen LogP contribution in [0.15, 0.2) is 77.7 Å². The standard InChI is InChI=1S/C19H20O3S/c1-2-9-17(20)18(22-14-15-10-5-3-6-11-15)19(21)23-16-12-7-4-8-13-16/h2-13,17-18,20H,14H2,1H3/b9-2+/t17-,18-/m1/s1. The molecule has 0 radical (unpaired) electrons. The minimum Gasteiger partial charge on any atom is -0.386 e. The van der Waals surface area contributed by atoms with Gasteiger partial charge in [-0.1, -0.05) is 60.7 Å². The molecule has 0 fully saturated rings. The topological polar surface area (TPSA) is 46.5 Å². The first-order valence-corrected chi connectivity index (χ1v) is 8.25. The maximum atomic E-state index is 12.5. The average molecular weight is 328 g/mol. The summed E-state index contributed by atoms with van der Waals surface area (Å²) in [5.74, 6) is 0. The maximum absolute atomic E-state index is 12.5. The van der Waals surface area contributed by atoms with Gasteiger partial charge in [-0.25, -0.2) is 0 Å². The number of aliphatic hydroxyl groups is 1. The Morgan fingerprint density at radius 1 is 1.13 bits per heavy atom. The van der Waals surface area contributed by atoms with E-state index in [0.717, 1.165) is 22.2 Å². The highest BCUT2D eigenvalue weighted by atomic mass is 32.2. The molecule has 0 heterocycles. The van der Waals surface area contributed by atoms with E-state index in [1.165, 1.54) is 0 Å². The van der Waals surface area contributed by atoms with Gasteiger partial charge in [0, 0.05) is 4.90 Å². The van der Waals surface area contributed by atoms with E-state index in [9.17, 15) is 9.90 Å². The number of ether oxygens (including phenoxy) is 1. The number of rotatable bonds is 7. The molecule has 2 aromatic rings. The van der Waals surface area contributed by atoms with Gasteiger partial charge in [-0.2, -0.15) is 0 Å². The third kappa shape index (κ3) is 5.67. The van der Waals surface area contributed by atoms with E-state index < -0.39 is 12.2 Å². The van der Waals surface area contributed by atoms with Gasteiger partial charge in [-0.3, -0.25) is 4.79 Å². The number of allylic oxidation sites excluding steroid dienone is 1. The van der Waals surface area contributed by atoms with E-state index in [1.54, 1.807) is 19.1 Å². The SMILES string of the molecule is C/C=C/[C@@H](O)[C@@H](OCc1ccccc1)C(=O)Sc1ccccc1. The molecule has 0 saturated heterocycles. The van der Waals surface area contributed by atoms with Gasteiger partial charge in [0.25, 0.3) is 0 Å². The lowest BCUT2D eigenvalue weighted by molar-refractivity contribution is -0.128. The molecule has 2 rings (SSSR count). The fraction of sp³-hybridized carbons (Fsp3) is 0.211. The molecule has 3 nitrogen and oxygen atoms in total. The second kappa shape index (κ2) is 9.30. The number of aliphatic hydroxyl groups excluding tert-OH is 1. The van der Waals surface area contributed by atoms with Crippen LogP contribution in [0.2, 0.25) is 0 Å². The summed E-state index contributed by atoms with van der Waals surface area (Å²) >= 11 is 1.08. The molecule has 2 aromatic carbocycles. The number of carbonyl (C=O) groups is 1. The Morgan fingerprint density at radius 3 is 2.35 bits per heavy atom. The zero-order valence-electron chi connectivity index (χ0n) is 13.0. The molecular formula is C19H20O3S. The minimum absolute atomic E-state index is 0.210. The zero-order valence-corrected chi connectivity index (χ0v) is 13.8. The summed E-state index contributed by atoms with van der Waals surface area (Å²) in [6.45, 7) is 2.08. The molecule has 0 aliphatic heterocycles. The predicted octanol–water partition coefficient (Wildman–Crippen LogP) is 3.83. The molecular weight excluding hydrogens is 308 g/mol. The lowest BCUT2D eigenvalue weighted by Gasteiger charge is -2.19. The van der Waals surface area contributed by atoms with Crippen molar-refractivity contribution >= 4 is 16.9 Å². The second-order valence-corrected chi connectivity index (χ2v) is 6.05. The van der Waals surface area contributed by atoms with Crippen LogP contribution in [0, 0.1) is 0 Å². The average Bonchev–Trinajstić information content (AvgIpc) is 2.57. The first-order valence-electron chi connectivity index (χ1n) is 7.44. The van der Waals surface area contributed by atoms with Gasteiger partial charge in [0.1, 0.15) is 6.10 Å². The van der Waals surface area contributed by atoms with Gasteiger partial charge in [-0.15, -0.1) is 0 Å². The van der Waals surface area contributed by atoms with Crippen molar-refractivity contribution in [2.24, 2.45) is 0 Å². The van der Waals surface area contributed by atoms with Crippen molar-refractivity contribution in [1.82, 2.24) is 0 Å². The van der Waals surface area contributed by atoms with E-state index >= 15 is 0 Å². The maximum Gasteiger partial charge on any atom is 0.225 e. The zero-order chi connectivity index (χ0) is 16.5. The van der Waals surface area contributed by atoms with E-state index in [4.69, 9.17) is 4.74 Å². The van der Waals surface area contributed by atoms with Crippen LogP contribution >= 0.6 is 11.8 Å². The summed E-state index contributed by atoms with van der Waals surface area (Å²) in [6.07, 6.45) is 1.41. The van der Waals surface area contributed by atoms with E-state index in [-0.39, 0.29) is 11.7 Å². The van der Waals surface area contributed by atoms with Crippen LogP contribution in [0.25, 0.3) is 0 Å². The lowest BCUT2D eigenvalue weighted by atomic mass is 10.2. The smallest absolute Gasteiger partial charge is 0.225 e. The number of hydrogen-bond acceptors (Lipinski definition) is 4. The van der Waals surface area contributed by atoms with Crippen molar-refractivity contribution in [1.29, 1.82) is 0 Å². The third-order valence-corrected chi connectivity index (χ3v) is 4.11. The molecule has 0 unspecified atom stereocenters. The molecule has 23 heavy (non-hydrogen) atoms. The Kier molecular flexibility index (Phi) is 7.07. The van der Waals surface area contributed by atoms with Crippen LogP contribution in [0.4, 0.5) is 0 Å². The molecule has 0 saturated carbocycles. The summed E-state index contributed by atoms with van der Waals surface area (Å²) in [5.41, 5.74) is 0.961. The largest absolute Gasteiger partial charge is 0.386 e. The Labute approximate surface area is 141 Å². The molecule has 4 heteroatoms. The number of benzene rings is 2. The van der Waals surface area contributed by atoms with Gasteiger partial charge in [0.05, 0.1) is 6.61 Å². The predicted molar refractivity (Wildman–Crippen MR) is 93.1 cm³/mol. The molecule has 120 valence electrons. The first-order chi connectivity index (χ1) is 11.2. The van der Waals surface area contributed by atoms with Crippen molar-refractivity contribution in [3.8, 4) is 0 Å². The molecule has 1 N–H and O–H groups in total. The van der Waals surface area contributed by atoms with Gasteiger partial charge < -0.3 is 9.84 Å². The Morgan fingerprint density at radius 2 is 1.74 bits per heavy atom. The molecule has 0 aliphatic rings. The van der Waals surface area contributed by atoms with Gasteiger partial charge >= 0.3 is 0 Å². The Bertz CT molecular complexity index is 626. The lowest BCUT2D eigenvalue weighted by Crippen LogP contribution is -2.33. The number of thioether (sulfide) groups is 1. The summed E-state index contributed by atoms with van der Waals surface area (Å²) in [4.78, 5) is 13.3. The van der Waals surface area contributed by atoms with Crippen LogP contribution in [0.3, 0.4) is 0 Å². The number of carbonyl (C=O) groups excluding carboxylic acids is 1. The Balaban J connectivity index is 2.05. The monoisotopic (exact) mass is 328 g/mol. The minimum atomic E-state index is -0.965. The summed E-state index contributed by atoms with van der Waals surface area (Å²) in [5, 5.41) is 9.98. The summed E-state index contributed by atoms with van der Waals surface area (Å²) in [7, 11) is 0. The number of hydrogen-bond donors (Lipinski definition) is 1. The third-order valence-electron chi connectivity index (χ3n) is 3.17. The van der Waals surface area contributed by atoms with Crippen molar-refractivity contribution in [2.75, 3.05) is 0 Å². The van der Waals surface area contributed by atoms with Crippen molar-refractivity contribution < 1.29 is 14.6 Å². The van der Waals surface area contributed by atoms with Crippen LogP contribution < -0.4 is 0 Å². The van der Waals surface area contributed by atoms with E-state index in [2.05, 4.69) is 0 Å². The molecule has 0 amide bonds. The van der Waals surface area contributed by atoms with Crippen molar-refractivity contribution in [3.05, 3.63) is 78.4 Å². The fourth-order valence-corrected chi connectivity index (χ4v) is 2.88. The summed E-state index contributed by atoms with van der Waals surface area (Å²) < 4.78 is 5.70. The van der Waals surface area contributed by atoms with E-state index in [1.807, 2.05) is 60.7 Å². The van der Waals surface area contributed by atoms with Crippen LogP contribution in [0.1, 0.15) is 12.5 Å². The second-order valence-electron chi connectivity index (χ2n) is 4.97. The van der Waals surface area contributed by atoms with Crippen LogP contribution in [0.5, 0.6) is 0 Å². The summed E-state index contributed by atoms with van der Waals surface area (Å²) in [6, 6.07) is 19.0. The fourth-order valence-electron chi connectivity index (χ4n) is 2.03. The van der Waals surface area contributed by atoms with E-state index in [0.29, 0.717) is 0 Å². The highest BCUT2D eigenvalue weighted by molar-refractivity contribution is 8.13. The van der Waals surface area contributed by atoms with Crippen molar-refractivity contribution in [2.45, 2.75) is 30.6 Å². The molecule has 0 aromatic heterocycles. The molecule has 0 aliphatic carbocycles. The highest BCUT2D eigenvalue weighted by Gasteiger charge is 2.26. The van der Waals surface area contributed by atoms with Gasteiger partial charge in [0.2, 0.25) is 5.12 Å². The Hall–Kier alpha value is -1.88.